The number of nitrogens with two attached hydrogens (primary N) is 1. The molecular weight excluding hydrogens is 306 g/mol. The van der Waals surface area contributed by atoms with Crippen LogP contribution in [0.3, 0.4) is 0 Å². The molecule has 19 heavy (non-hydrogen) atoms. The molecule has 0 aliphatic carbocycles. The molecule has 5 heteroatoms. The van der Waals surface area contributed by atoms with Gasteiger partial charge >= 0.3 is 0 Å². The Morgan fingerprint density at radius 2 is 2.37 bits per heavy atom. The van der Waals surface area contributed by atoms with E-state index in [9.17, 15) is 4.79 Å². The fraction of sp³-hybridized carbons (Fsp3) is 0.500. The summed E-state index contributed by atoms with van der Waals surface area (Å²) in [5.74, 6) is 0.498. The number of rotatable bonds is 4. The first-order valence-corrected chi connectivity index (χ1v) is 7.45. The highest BCUT2D eigenvalue weighted by Crippen LogP contribution is 2.20. The van der Waals surface area contributed by atoms with Crippen LogP contribution in [0.25, 0.3) is 0 Å². The zero-order valence-electron chi connectivity index (χ0n) is 11.2. The van der Waals surface area contributed by atoms with E-state index in [-0.39, 0.29) is 5.91 Å². The van der Waals surface area contributed by atoms with Crippen LogP contribution in [0.2, 0.25) is 0 Å². The van der Waals surface area contributed by atoms with Gasteiger partial charge in [-0.15, -0.1) is 0 Å². The monoisotopic (exact) mass is 325 g/mol. The standard InChI is InChI=1S/C14H20BrN3O/c1-2-18-6-5-10(9-18)8-17-14(19)12-7-11(16)3-4-13(12)15/h3-4,7,10H,2,5-6,8-9,16H2,1H3,(H,17,19). The number of likely N-dealkylation sites (tertiary alicyclic amines) is 1. The second kappa shape index (κ2) is 6.39. The highest BCUT2D eigenvalue weighted by molar-refractivity contribution is 9.10. The number of carbonyl (C=O) groups is 1. The molecule has 4 nitrogen and oxygen atoms in total. The molecule has 3 N–H and O–H groups in total. The minimum Gasteiger partial charge on any atom is -0.399 e. The van der Waals surface area contributed by atoms with E-state index < -0.39 is 0 Å². The zero-order valence-corrected chi connectivity index (χ0v) is 12.7. The Hall–Kier alpha value is -1.07. The molecule has 0 saturated carbocycles. The number of carbonyl (C=O) groups excluding carboxylic acids is 1. The normalized spacial score (nSPS) is 19.6. The van der Waals surface area contributed by atoms with E-state index in [4.69, 9.17) is 5.73 Å². The maximum absolute atomic E-state index is 12.1. The first-order chi connectivity index (χ1) is 9.10. The number of hydrogen-bond acceptors (Lipinski definition) is 3. The second-order valence-corrected chi connectivity index (χ2v) is 5.85. The van der Waals surface area contributed by atoms with E-state index in [0.717, 1.165) is 37.1 Å². The molecule has 1 aromatic carbocycles. The molecule has 1 aliphatic rings. The Bertz CT molecular complexity index is 464. The highest BCUT2D eigenvalue weighted by Gasteiger charge is 2.21. The van der Waals surface area contributed by atoms with Crippen LogP contribution in [0.5, 0.6) is 0 Å². The van der Waals surface area contributed by atoms with Gasteiger partial charge in [-0.2, -0.15) is 0 Å². The summed E-state index contributed by atoms with van der Waals surface area (Å²) in [7, 11) is 0. The summed E-state index contributed by atoms with van der Waals surface area (Å²) >= 11 is 3.38. The molecule has 1 fully saturated rings. The van der Waals surface area contributed by atoms with Crippen LogP contribution in [-0.4, -0.2) is 37.0 Å². The molecule has 0 aromatic heterocycles. The van der Waals surface area contributed by atoms with Gasteiger partial charge in [-0.1, -0.05) is 6.92 Å². The highest BCUT2D eigenvalue weighted by atomic mass is 79.9. The van der Waals surface area contributed by atoms with Crippen LogP contribution >= 0.6 is 15.9 Å². The van der Waals surface area contributed by atoms with E-state index in [1.165, 1.54) is 0 Å². The van der Waals surface area contributed by atoms with Crippen molar-refractivity contribution in [2.75, 3.05) is 31.9 Å². The first kappa shape index (κ1) is 14.3. The summed E-state index contributed by atoms with van der Waals surface area (Å²) in [4.78, 5) is 14.5. The average molecular weight is 326 g/mol. The van der Waals surface area contributed by atoms with Gasteiger partial charge in [0, 0.05) is 23.2 Å². The minimum absolute atomic E-state index is 0.0610. The van der Waals surface area contributed by atoms with Crippen LogP contribution in [0, 0.1) is 5.92 Å². The Kier molecular flexibility index (Phi) is 4.82. The third-order valence-corrected chi connectivity index (χ3v) is 4.30. The number of halogens is 1. The van der Waals surface area contributed by atoms with Crippen molar-refractivity contribution >= 4 is 27.5 Å². The SMILES string of the molecule is CCN1CCC(CNC(=O)c2cc(N)ccc2Br)C1. The molecule has 1 unspecified atom stereocenters. The number of hydrogen-bond donors (Lipinski definition) is 2. The Morgan fingerprint density at radius 1 is 1.58 bits per heavy atom. The molecule has 104 valence electrons. The van der Waals surface area contributed by atoms with Gasteiger partial charge in [-0.25, -0.2) is 0 Å². The zero-order chi connectivity index (χ0) is 13.8. The smallest absolute Gasteiger partial charge is 0.252 e. The number of nitrogen functional groups attached to an aromatic ring is 1. The van der Waals surface area contributed by atoms with Gasteiger partial charge in [-0.3, -0.25) is 4.79 Å². The lowest BCUT2D eigenvalue weighted by atomic mass is 10.1. The molecule has 0 radical (unpaired) electrons. The van der Waals surface area contributed by atoms with Crippen LogP contribution in [-0.2, 0) is 0 Å². The molecule has 1 atom stereocenters. The number of nitrogens with zero attached hydrogens (tertiary/aromatic N) is 1. The molecule has 1 aliphatic heterocycles. The quantitative estimate of drug-likeness (QED) is 0.833. The fourth-order valence-electron chi connectivity index (χ4n) is 2.42. The van der Waals surface area contributed by atoms with Gasteiger partial charge < -0.3 is 16.0 Å². The van der Waals surface area contributed by atoms with Gasteiger partial charge in [0.2, 0.25) is 0 Å². The summed E-state index contributed by atoms with van der Waals surface area (Å²) in [6.45, 7) is 6.21. The van der Waals surface area contributed by atoms with Crippen molar-refractivity contribution in [2.45, 2.75) is 13.3 Å². The molecular formula is C14H20BrN3O. The Balaban J connectivity index is 1.89. The number of benzene rings is 1. The Morgan fingerprint density at radius 3 is 3.05 bits per heavy atom. The van der Waals surface area contributed by atoms with Crippen LogP contribution in [0.4, 0.5) is 5.69 Å². The largest absolute Gasteiger partial charge is 0.399 e. The molecule has 1 aromatic rings. The molecule has 0 bridgehead atoms. The molecule has 2 rings (SSSR count). The fourth-order valence-corrected chi connectivity index (χ4v) is 2.84. The lowest BCUT2D eigenvalue weighted by molar-refractivity contribution is 0.0946. The summed E-state index contributed by atoms with van der Waals surface area (Å²) in [6, 6.07) is 5.28. The van der Waals surface area contributed by atoms with E-state index >= 15 is 0 Å². The number of anilines is 1. The van der Waals surface area contributed by atoms with Gasteiger partial charge in [0.15, 0.2) is 0 Å². The lowest BCUT2D eigenvalue weighted by Crippen LogP contribution is -2.31. The predicted octanol–water partition coefficient (Wildman–Crippen LogP) is 2.10. The average Bonchev–Trinajstić information content (AvgIpc) is 2.87. The summed E-state index contributed by atoms with van der Waals surface area (Å²) in [5.41, 5.74) is 6.92. The molecule has 0 spiro atoms. The van der Waals surface area contributed by atoms with E-state index in [1.54, 1.807) is 18.2 Å². The van der Waals surface area contributed by atoms with Crippen LogP contribution in [0.1, 0.15) is 23.7 Å². The van der Waals surface area contributed by atoms with Gasteiger partial charge in [0.1, 0.15) is 0 Å². The first-order valence-electron chi connectivity index (χ1n) is 6.65. The molecule has 1 saturated heterocycles. The Labute approximate surface area is 122 Å². The van der Waals surface area contributed by atoms with Crippen molar-refractivity contribution in [3.05, 3.63) is 28.2 Å². The van der Waals surface area contributed by atoms with Crippen molar-refractivity contribution in [2.24, 2.45) is 5.92 Å². The topological polar surface area (TPSA) is 58.4 Å². The summed E-state index contributed by atoms with van der Waals surface area (Å²) in [6.07, 6.45) is 1.16. The van der Waals surface area contributed by atoms with E-state index in [2.05, 4.69) is 33.1 Å². The summed E-state index contributed by atoms with van der Waals surface area (Å²) < 4.78 is 0.779. The molecule has 1 amide bonds. The van der Waals surface area contributed by atoms with Crippen LogP contribution in [0.15, 0.2) is 22.7 Å². The third kappa shape index (κ3) is 3.70. The third-order valence-electron chi connectivity index (χ3n) is 3.60. The van der Waals surface area contributed by atoms with Crippen molar-refractivity contribution in [1.29, 1.82) is 0 Å². The second-order valence-electron chi connectivity index (χ2n) is 5.00. The van der Waals surface area contributed by atoms with Gasteiger partial charge in [-0.05, 0) is 59.6 Å². The van der Waals surface area contributed by atoms with Crippen molar-refractivity contribution < 1.29 is 4.79 Å². The lowest BCUT2D eigenvalue weighted by Gasteiger charge is -2.14. The van der Waals surface area contributed by atoms with E-state index in [0.29, 0.717) is 17.2 Å². The van der Waals surface area contributed by atoms with Crippen molar-refractivity contribution in [3.63, 3.8) is 0 Å². The van der Waals surface area contributed by atoms with Gasteiger partial charge in [0.05, 0.1) is 5.56 Å². The maximum atomic E-state index is 12.1. The maximum Gasteiger partial charge on any atom is 0.252 e. The van der Waals surface area contributed by atoms with E-state index in [1.807, 2.05) is 0 Å². The van der Waals surface area contributed by atoms with Crippen molar-refractivity contribution in [1.82, 2.24) is 10.2 Å². The number of amides is 1. The minimum atomic E-state index is -0.0610. The number of nitrogens with one attached hydrogen (secondary N) is 1. The van der Waals surface area contributed by atoms with Gasteiger partial charge in [0.25, 0.3) is 5.91 Å². The predicted molar refractivity (Wildman–Crippen MR) is 81.1 cm³/mol. The summed E-state index contributed by atoms with van der Waals surface area (Å²) in [5, 5.41) is 3.00. The molecule has 1 heterocycles. The van der Waals surface area contributed by atoms with Crippen molar-refractivity contribution in [3.8, 4) is 0 Å². The van der Waals surface area contributed by atoms with Crippen LogP contribution < -0.4 is 11.1 Å².